The molecule has 0 radical (unpaired) electrons. The molecule has 2 aliphatic rings. The highest BCUT2D eigenvalue weighted by Crippen LogP contribution is 2.35. The summed E-state index contributed by atoms with van der Waals surface area (Å²) in [5.41, 5.74) is 1.72. The molecule has 0 aliphatic carbocycles. The topological polar surface area (TPSA) is 54.9 Å². The number of thioether (sulfide) groups is 1. The number of carbonyl (C=O) groups is 1. The van der Waals surface area contributed by atoms with E-state index in [9.17, 15) is 4.79 Å². The molecule has 3 aromatic rings. The Hall–Kier alpha value is -2.45. The Kier molecular flexibility index (Phi) is 4.52. The monoisotopic (exact) mass is 413 g/mol. The van der Waals surface area contributed by atoms with Gasteiger partial charge in [0.25, 0.3) is 5.91 Å². The van der Waals surface area contributed by atoms with Crippen LogP contribution >= 0.6 is 23.1 Å². The summed E-state index contributed by atoms with van der Waals surface area (Å²) >= 11 is 3.44. The summed E-state index contributed by atoms with van der Waals surface area (Å²) < 4.78 is 11.9. The fourth-order valence-electron chi connectivity index (χ4n) is 3.52. The molecular formula is C20H19N3O3S2. The molecule has 1 amide bonds. The molecule has 0 saturated carbocycles. The number of rotatable bonds is 3. The van der Waals surface area contributed by atoms with Crippen LogP contribution in [0.25, 0.3) is 10.2 Å². The van der Waals surface area contributed by atoms with Crippen molar-refractivity contribution in [2.45, 2.75) is 4.90 Å². The van der Waals surface area contributed by atoms with Crippen molar-refractivity contribution in [3.05, 3.63) is 42.0 Å². The number of hydrogen-bond donors (Lipinski definition) is 0. The number of ether oxygens (including phenoxy) is 2. The van der Waals surface area contributed by atoms with Gasteiger partial charge < -0.3 is 19.3 Å². The van der Waals surface area contributed by atoms with Crippen LogP contribution < -0.4 is 14.4 Å². The minimum Gasteiger partial charge on any atom is -0.454 e. The average Bonchev–Trinajstić information content (AvgIpc) is 3.39. The normalized spacial score (nSPS) is 16.0. The predicted molar refractivity (Wildman–Crippen MR) is 112 cm³/mol. The predicted octanol–water partition coefficient (Wildman–Crippen LogP) is 3.71. The molecule has 0 unspecified atom stereocenters. The van der Waals surface area contributed by atoms with E-state index in [1.807, 2.05) is 4.90 Å². The van der Waals surface area contributed by atoms with Crippen molar-refractivity contribution in [3.63, 3.8) is 0 Å². The first-order valence-electron chi connectivity index (χ1n) is 9.10. The highest BCUT2D eigenvalue weighted by molar-refractivity contribution is 7.98. The van der Waals surface area contributed by atoms with Crippen LogP contribution in [-0.4, -0.2) is 55.0 Å². The quantitative estimate of drug-likeness (QED) is 0.610. The Morgan fingerprint density at radius 3 is 2.75 bits per heavy atom. The summed E-state index contributed by atoms with van der Waals surface area (Å²) in [6.07, 6.45) is 2.08. The number of thiazole rings is 1. The summed E-state index contributed by atoms with van der Waals surface area (Å²) in [6.45, 7) is 3.14. The summed E-state index contributed by atoms with van der Waals surface area (Å²) in [6, 6.07) is 11.7. The van der Waals surface area contributed by atoms with Gasteiger partial charge >= 0.3 is 0 Å². The number of para-hydroxylation sites is 1. The summed E-state index contributed by atoms with van der Waals surface area (Å²) in [4.78, 5) is 23.1. The zero-order valence-corrected chi connectivity index (χ0v) is 17.0. The molecule has 0 N–H and O–H groups in total. The Morgan fingerprint density at radius 2 is 1.93 bits per heavy atom. The zero-order valence-electron chi connectivity index (χ0n) is 15.4. The number of piperazine rings is 1. The van der Waals surface area contributed by atoms with Crippen LogP contribution in [0.3, 0.4) is 0 Å². The number of anilines is 1. The van der Waals surface area contributed by atoms with E-state index in [2.05, 4.69) is 29.4 Å². The average molecular weight is 414 g/mol. The van der Waals surface area contributed by atoms with Crippen LogP contribution in [0.2, 0.25) is 0 Å². The number of hydrogen-bond acceptors (Lipinski definition) is 7. The summed E-state index contributed by atoms with van der Waals surface area (Å²) in [5.74, 6) is 1.37. The molecule has 1 fully saturated rings. The van der Waals surface area contributed by atoms with Gasteiger partial charge in [0.05, 0.1) is 10.2 Å². The lowest BCUT2D eigenvalue weighted by molar-refractivity contribution is 0.0746. The maximum atomic E-state index is 12.9. The third kappa shape index (κ3) is 3.06. The van der Waals surface area contributed by atoms with E-state index in [0.717, 1.165) is 23.7 Å². The molecule has 3 heterocycles. The third-order valence-corrected chi connectivity index (χ3v) is 6.90. The van der Waals surface area contributed by atoms with E-state index in [1.54, 1.807) is 41.3 Å². The number of nitrogens with zero attached hydrogens (tertiary/aromatic N) is 3. The van der Waals surface area contributed by atoms with Crippen molar-refractivity contribution in [3.8, 4) is 11.5 Å². The molecular weight excluding hydrogens is 394 g/mol. The SMILES string of the molecule is CSc1cccc2sc(N3CCN(C(=O)c4ccc5c(c4)OCO5)CC3)nc12. The maximum Gasteiger partial charge on any atom is 0.254 e. The van der Waals surface area contributed by atoms with E-state index in [-0.39, 0.29) is 12.7 Å². The molecule has 144 valence electrons. The van der Waals surface area contributed by atoms with Crippen molar-refractivity contribution in [2.24, 2.45) is 0 Å². The van der Waals surface area contributed by atoms with E-state index in [0.29, 0.717) is 30.2 Å². The first-order chi connectivity index (χ1) is 13.7. The van der Waals surface area contributed by atoms with Gasteiger partial charge in [-0.3, -0.25) is 4.79 Å². The second-order valence-electron chi connectivity index (χ2n) is 6.65. The number of carbonyl (C=O) groups excluding carboxylic acids is 1. The van der Waals surface area contributed by atoms with E-state index < -0.39 is 0 Å². The van der Waals surface area contributed by atoms with Gasteiger partial charge in [0, 0.05) is 36.6 Å². The smallest absolute Gasteiger partial charge is 0.254 e. The number of fused-ring (bicyclic) bond motifs is 2. The van der Waals surface area contributed by atoms with Gasteiger partial charge in [0.1, 0.15) is 0 Å². The summed E-state index contributed by atoms with van der Waals surface area (Å²) in [5, 5.41) is 1.03. The molecule has 1 saturated heterocycles. The Labute approximate surface area is 171 Å². The molecule has 0 spiro atoms. The molecule has 8 heteroatoms. The van der Waals surface area contributed by atoms with E-state index in [1.165, 1.54) is 9.60 Å². The van der Waals surface area contributed by atoms with E-state index >= 15 is 0 Å². The van der Waals surface area contributed by atoms with E-state index in [4.69, 9.17) is 14.5 Å². The second-order valence-corrected chi connectivity index (χ2v) is 8.51. The van der Waals surface area contributed by atoms with Gasteiger partial charge in [-0.05, 0) is 36.6 Å². The number of benzene rings is 2. The highest BCUT2D eigenvalue weighted by Gasteiger charge is 2.25. The van der Waals surface area contributed by atoms with Gasteiger partial charge in [-0.15, -0.1) is 11.8 Å². The lowest BCUT2D eigenvalue weighted by Crippen LogP contribution is -2.48. The van der Waals surface area contributed by atoms with Gasteiger partial charge in [0.15, 0.2) is 16.6 Å². The van der Waals surface area contributed by atoms with Crippen LogP contribution in [0, 0.1) is 0 Å². The number of aromatic nitrogens is 1. The van der Waals surface area contributed by atoms with Crippen LogP contribution in [-0.2, 0) is 0 Å². The highest BCUT2D eigenvalue weighted by atomic mass is 32.2. The molecule has 0 bridgehead atoms. The maximum absolute atomic E-state index is 12.9. The first kappa shape index (κ1) is 17.6. The zero-order chi connectivity index (χ0) is 19.1. The molecule has 1 aromatic heterocycles. The van der Waals surface area contributed by atoms with Gasteiger partial charge in [-0.25, -0.2) is 4.98 Å². The second kappa shape index (κ2) is 7.18. The summed E-state index contributed by atoms with van der Waals surface area (Å²) in [7, 11) is 0. The Bertz CT molecular complexity index is 1040. The molecule has 0 atom stereocenters. The van der Waals surface area contributed by atoms with Crippen LogP contribution in [0.5, 0.6) is 11.5 Å². The fraction of sp³-hybridized carbons (Fsp3) is 0.300. The largest absolute Gasteiger partial charge is 0.454 e. The Morgan fingerprint density at radius 1 is 1.11 bits per heavy atom. The molecule has 2 aromatic carbocycles. The number of amides is 1. The molecule has 2 aliphatic heterocycles. The fourth-order valence-corrected chi connectivity index (χ4v) is 5.20. The molecule has 5 rings (SSSR count). The molecule has 6 nitrogen and oxygen atoms in total. The van der Waals surface area contributed by atoms with Crippen molar-refractivity contribution in [2.75, 3.05) is 44.1 Å². The lowest BCUT2D eigenvalue weighted by atomic mass is 10.1. The van der Waals surface area contributed by atoms with Crippen molar-refractivity contribution in [1.82, 2.24) is 9.88 Å². The Balaban J connectivity index is 1.29. The minimum absolute atomic E-state index is 0.0342. The van der Waals surface area contributed by atoms with Gasteiger partial charge in [-0.1, -0.05) is 17.4 Å². The standard InChI is InChI=1S/C20H19N3O3S2/c1-27-16-3-2-4-17-18(16)21-20(28-17)23-9-7-22(8-10-23)19(24)13-5-6-14-15(11-13)26-12-25-14/h2-6,11H,7-10,12H2,1H3. The van der Waals surface area contributed by atoms with Crippen LogP contribution in [0.1, 0.15) is 10.4 Å². The van der Waals surface area contributed by atoms with Crippen molar-refractivity contribution >= 4 is 44.4 Å². The van der Waals surface area contributed by atoms with Gasteiger partial charge in [0.2, 0.25) is 6.79 Å². The minimum atomic E-state index is 0.0342. The van der Waals surface area contributed by atoms with Gasteiger partial charge in [-0.2, -0.15) is 0 Å². The third-order valence-electron chi connectivity index (χ3n) is 5.05. The lowest BCUT2D eigenvalue weighted by Gasteiger charge is -2.34. The van der Waals surface area contributed by atoms with Crippen molar-refractivity contribution < 1.29 is 14.3 Å². The van der Waals surface area contributed by atoms with Crippen LogP contribution in [0.4, 0.5) is 5.13 Å². The first-order valence-corrected chi connectivity index (χ1v) is 11.1. The van der Waals surface area contributed by atoms with Crippen molar-refractivity contribution in [1.29, 1.82) is 0 Å². The molecule has 28 heavy (non-hydrogen) atoms. The van der Waals surface area contributed by atoms with Crippen LogP contribution in [0.15, 0.2) is 41.3 Å².